The summed E-state index contributed by atoms with van der Waals surface area (Å²) in [4.78, 5) is 21.6. The van der Waals surface area contributed by atoms with Crippen LogP contribution in [-0.2, 0) is 4.79 Å². The van der Waals surface area contributed by atoms with Gasteiger partial charge in [-0.25, -0.2) is 4.98 Å². The van der Waals surface area contributed by atoms with Gasteiger partial charge in [-0.2, -0.15) is 0 Å². The highest BCUT2D eigenvalue weighted by atomic mass is 35.5. The summed E-state index contributed by atoms with van der Waals surface area (Å²) in [7, 11) is 4.80. The average molecular weight is 569 g/mol. The molecule has 3 heterocycles. The Morgan fingerprint density at radius 1 is 1.18 bits per heavy atom. The Morgan fingerprint density at radius 2 is 1.97 bits per heavy atom. The molecule has 208 valence electrons. The number of hydrogen-bond acceptors (Lipinski definition) is 8. The molecule has 39 heavy (non-hydrogen) atoms. The SMILES string of the molecule is CN1CCN(CCC(=O)Nc2cc(NC(/C=C(\N)c3cc(Cl)ccc3P)=C(/N)C3=CCCNC3)ccn2)CC1. The van der Waals surface area contributed by atoms with Crippen LogP contribution in [0.15, 0.2) is 65.6 Å². The monoisotopic (exact) mass is 568 g/mol. The largest absolute Gasteiger partial charge is 0.398 e. The molecule has 4 rings (SSSR count). The van der Waals surface area contributed by atoms with Crippen molar-refractivity contribution in [2.24, 2.45) is 11.5 Å². The average Bonchev–Trinajstić information content (AvgIpc) is 2.94. The van der Waals surface area contributed by atoms with E-state index in [-0.39, 0.29) is 5.91 Å². The summed E-state index contributed by atoms with van der Waals surface area (Å²) in [6.45, 7) is 6.33. The zero-order valence-electron chi connectivity index (χ0n) is 22.3. The number of carbonyl (C=O) groups is 1. The number of piperazine rings is 1. The molecule has 1 amide bonds. The molecular weight excluding hydrogens is 531 g/mol. The lowest BCUT2D eigenvalue weighted by molar-refractivity contribution is -0.116. The number of benzene rings is 1. The number of rotatable bonds is 9. The first-order chi connectivity index (χ1) is 18.8. The molecule has 11 heteroatoms. The van der Waals surface area contributed by atoms with Gasteiger partial charge in [0.25, 0.3) is 0 Å². The van der Waals surface area contributed by atoms with Crippen molar-refractivity contribution in [2.45, 2.75) is 12.8 Å². The zero-order valence-corrected chi connectivity index (χ0v) is 24.3. The molecule has 1 fully saturated rings. The van der Waals surface area contributed by atoms with E-state index < -0.39 is 0 Å². The van der Waals surface area contributed by atoms with Gasteiger partial charge in [0.15, 0.2) is 0 Å². The normalized spacial score (nSPS) is 17.8. The van der Waals surface area contributed by atoms with E-state index in [0.717, 1.165) is 67.8 Å². The van der Waals surface area contributed by atoms with E-state index >= 15 is 0 Å². The molecule has 1 unspecified atom stereocenters. The summed E-state index contributed by atoms with van der Waals surface area (Å²) in [6.07, 6.45) is 6.92. The van der Waals surface area contributed by atoms with Crippen molar-refractivity contribution < 1.29 is 4.79 Å². The number of nitrogens with zero attached hydrogens (tertiary/aromatic N) is 3. The van der Waals surface area contributed by atoms with E-state index in [1.807, 2.05) is 30.3 Å². The topological polar surface area (TPSA) is 125 Å². The van der Waals surface area contributed by atoms with E-state index in [4.69, 9.17) is 23.1 Å². The van der Waals surface area contributed by atoms with Gasteiger partial charge in [0.05, 0.1) is 11.4 Å². The lowest BCUT2D eigenvalue weighted by Gasteiger charge is -2.32. The molecule has 0 bridgehead atoms. The lowest BCUT2D eigenvalue weighted by Crippen LogP contribution is -2.45. The number of hydrogen-bond donors (Lipinski definition) is 5. The Kier molecular flexibility index (Phi) is 10.4. The van der Waals surface area contributed by atoms with Gasteiger partial charge in [0, 0.05) is 79.9 Å². The molecule has 2 aliphatic heterocycles. The van der Waals surface area contributed by atoms with E-state index in [0.29, 0.717) is 40.9 Å². The van der Waals surface area contributed by atoms with Crippen LogP contribution < -0.4 is 32.7 Å². The maximum Gasteiger partial charge on any atom is 0.226 e. The number of aromatic nitrogens is 1. The van der Waals surface area contributed by atoms with Gasteiger partial charge in [-0.1, -0.05) is 23.7 Å². The van der Waals surface area contributed by atoms with Crippen LogP contribution >= 0.6 is 20.8 Å². The summed E-state index contributed by atoms with van der Waals surface area (Å²) in [5.41, 5.74) is 17.5. The van der Waals surface area contributed by atoms with E-state index in [1.165, 1.54) is 0 Å². The highest BCUT2D eigenvalue weighted by Crippen LogP contribution is 2.23. The maximum atomic E-state index is 12.6. The van der Waals surface area contributed by atoms with Crippen molar-refractivity contribution in [1.29, 1.82) is 0 Å². The van der Waals surface area contributed by atoms with Gasteiger partial charge in [0.1, 0.15) is 5.82 Å². The van der Waals surface area contributed by atoms with Crippen LogP contribution in [0.2, 0.25) is 5.02 Å². The molecule has 0 radical (unpaired) electrons. The molecule has 2 aliphatic rings. The molecule has 1 saturated heterocycles. The minimum absolute atomic E-state index is 0.0645. The van der Waals surface area contributed by atoms with Crippen LogP contribution in [0.5, 0.6) is 0 Å². The molecule has 9 nitrogen and oxygen atoms in total. The third kappa shape index (κ3) is 8.52. The second-order valence-corrected chi connectivity index (χ2v) is 10.9. The third-order valence-corrected chi connectivity index (χ3v) is 7.59. The Balaban J connectivity index is 1.51. The summed E-state index contributed by atoms with van der Waals surface area (Å²) in [5, 5.41) is 11.2. The molecular formula is C28H38ClN8OP. The van der Waals surface area contributed by atoms with Crippen LogP contribution in [0.4, 0.5) is 11.5 Å². The number of amides is 1. The van der Waals surface area contributed by atoms with Gasteiger partial charge < -0.3 is 37.2 Å². The van der Waals surface area contributed by atoms with E-state index in [1.54, 1.807) is 12.3 Å². The fourth-order valence-electron chi connectivity index (χ4n) is 4.48. The van der Waals surface area contributed by atoms with Gasteiger partial charge in [0.2, 0.25) is 5.91 Å². The molecule has 1 aromatic carbocycles. The molecule has 0 saturated carbocycles. The first kappa shape index (κ1) is 29.1. The third-order valence-electron chi connectivity index (χ3n) is 6.85. The lowest BCUT2D eigenvalue weighted by atomic mass is 10.0. The fourth-order valence-corrected chi connectivity index (χ4v) is 5.00. The minimum Gasteiger partial charge on any atom is -0.398 e. The van der Waals surface area contributed by atoms with Crippen LogP contribution in [0.1, 0.15) is 18.4 Å². The number of pyridine rings is 1. The molecule has 1 aromatic heterocycles. The number of halogens is 1. The molecule has 2 aromatic rings. The molecule has 0 aliphatic carbocycles. The molecule has 0 spiro atoms. The summed E-state index contributed by atoms with van der Waals surface area (Å²) >= 11 is 6.23. The number of carbonyl (C=O) groups excluding carboxylic acids is 1. The Morgan fingerprint density at radius 3 is 2.72 bits per heavy atom. The molecule has 7 N–H and O–H groups in total. The highest BCUT2D eigenvalue weighted by molar-refractivity contribution is 7.27. The van der Waals surface area contributed by atoms with E-state index in [9.17, 15) is 4.79 Å². The van der Waals surface area contributed by atoms with Crippen molar-refractivity contribution in [1.82, 2.24) is 20.1 Å². The predicted octanol–water partition coefficient (Wildman–Crippen LogP) is 2.31. The molecule has 1 atom stereocenters. The van der Waals surface area contributed by atoms with Crippen molar-refractivity contribution in [2.75, 3.05) is 63.5 Å². The zero-order chi connectivity index (χ0) is 27.8. The fraction of sp³-hybridized carbons (Fsp3) is 0.357. The van der Waals surface area contributed by atoms with Crippen LogP contribution in [0, 0.1) is 0 Å². The van der Waals surface area contributed by atoms with Crippen LogP contribution in [-0.4, -0.2) is 73.6 Å². The number of nitrogens with one attached hydrogen (secondary N) is 3. The Hall–Kier alpha value is -2.94. The van der Waals surface area contributed by atoms with Gasteiger partial charge >= 0.3 is 0 Å². The van der Waals surface area contributed by atoms with E-state index in [2.05, 4.69) is 53.1 Å². The quantitative estimate of drug-likeness (QED) is 0.231. The van der Waals surface area contributed by atoms with Gasteiger partial charge in [-0.05, 0) is 55.2 Å². The first-order valence-electron chi connectivity index (χ1n) is 13.1. The highest BCUT2D eigenvalue weighted by Gasteiger charge is 2.16. The van der Waals surface area contributed by atoms with Crippen molar-refractivity contribution in [3.8, 4) is 0 Å². The van der Waals surface area contributed by atoms with Gasteiger partial charge in [-0.3, -0.25) is 4.79 Å². The maximum absolute atomic E-state index is 12.6. The smallest absolute Gasteiger partial charge is 0.226 e. The van der Waals surface area contributed by atoms with Crippen molar-refractivity contribution in [3.05, 3.63) is 76.2 Å². The summed E-state index contributed by atoms with van der Waals surface area (Å²) < 4.78 is 0. The second kappa shape index (κ2) is 13.9. The van der Waals surface area contributed by atoms with Gasteiger partial charge in [-0.15, -0.1) is 9.24 Å². The number of nitrogens with two attached hydrogens (primary N) is 2. The number of allylic oxidation sites excluding steroid dienone is 1. The Labute approximate surface area is 237 Å². The number of likely N-dealkylation sites (N-methyl/N-ethyl adjacent to an activating group) is 1. The summed E-state index contributed by atoms with van der Waals surface area (Å²) in [5.74, 6) is 0.407. The van der Waals surface area contributed by atoms with Crippen molar-refractivity contribution in [3.63, 3.8) is 0 Å². The second-order valence-electron chi connectivity index (χ2n) is 9.85. The van der Waals surface area contributed by atoms with Crippen LogP contribution in [0.25, 0.3) is 5.70 Å². The van der Waals surface area contributed by atoms with Crippen molar-refractivity contribution >= 4 is 49.3 Å². The Bertz CT molecular complexity index is 1270. The standard InChI is InChI=1S/C28H38ClN8OP/c1-36-11-13-37(14-12-36)10-7-27(38)35-26-16-21(6-9-33-26)34-24(28(31)19-3-2-8-32-18-19)17-23(30)22-15-20(29)4-5-25(22)39/h3-6,9,15-17,32H,2,7-8,10-14,18,30-31,39H2,1H3,(H2,33,34,35,38)/b23-17-,28-24+. The summed E-state index contributed by atoms with van der Waals surface area (Å²) in [6, 6.07) is 9.16. The first-order valence-corrected chi connectivity index (χ1v) is 14.1. The minimum atomic E-state index is -0.0645. The predicted molar refractivity (Wildman–Crippen MR) is 165 cm³/mol. The number of anilines is 2. The van der Waals surface area contributed by atoms with Crippen LogP contribution in [0.3, 0.4) is 0 Å².